The fourth-order valence-electron chi connectivity index (χ4n) is 4.46. The standard InChI is InChI=1S/C21H23ClN4O3S/c1-13-12-29-8-7-26(13)20-11-17(18-6-3-9-30(18,27)28)24-21(25-20)15-10-19(22)23-16-5-2-4-14(15)16/h2,4,10-11,13,18H,3,5-9,12H2,1H3/t13-,18+/m1/s1. The van der Waals surface area contributed by atoms with Crippen molar-refractivity contribution in [3.63, 3.8) is 0 Å². The van der Waals surface area contributed by atoms with Crippen molar-refractivity contribution in [3.05, 3.63) is 40.3 Å². The van der Waals surface area contributed by atoms with Gasteiger partial charge in [0, 0.05) is 30.2 Å². The van der Waals surface area contributed by atoms with E-state index >= 15 is 0 Å². The Morgan fingerprint density at radius 2 is 2.10 bits per heavy atom. The van der Waals surface area contributed by atoms with Gasteiger partial charge in [0.2, 0.25) is 0 Å². The number of hydrogen-bond donors (Lipinski definition) is 0. The van der Waals surface area contributed by atoms with Gasteiger partial charge in [0.25, 0.3) is 0 Å². The molecule has 0 amide bonds. The highest BCUT2D eigenvalue weighted by Gasteiger charge is 2.35. The van der Waals surface area contributed by atoms with Gasteiger partial charge < -0.3 is 9.64 Å². The minimum absolute atomic E-state index is 0.140. The summed E-state index contributed by atoms with van der Waals surface area (Å²) in [6.45, 7) is 4.00. The summed E-state index contributed by atoms with van der Waals surface area (Å²) >= 11 is 6.28. The van der Waals surface area contributed by atoms with Gasteiger partial charge in [-0.1, -0.05) is 23.8 Å². The zero-order valence-electron chi connectivity index (χ0n) is 16.7. The molecule has 5 rings (SSSR count). The van der Waals surface area contributed by atoms with Gasteiger partial charge in [-0.25, -0.2) is 23.4 Å². The molecule has 2 aromatic heterocycles. The van der Waals surface area contributed by atoms with Crippen LogP contribution in [0.2, 0.25) is 5.15 Å². The van der Waals surface area contributed by atoms with Crippen LogP contribution in [-0.2, 0) is 21.0 Å². The van der Waals surface area contributed by atoms with E-state index in [9.17, 15) is 8.42 Å². The Kier molecular flexibility index (Phi) is 5.03. The van der Waals surface area contributed by atoms with Crippen LogP contribution in [0.15, 0.2) is 18.2 Å². The molecule has 0 radical (unpaired) electrons. The minimum Gasteiger partial charge on any atom is -0.377 e. The van der Waals surface area contributed by atoms with Crippen LogP contribution in [0.5, 0.6) is 0 Å². The number of halogens is 1. The van der Waals surface area contributed by atoms with Crippen molar-refractivity contribution in [2.24, 2.45) is 0 Å². The molecule has 0 aromatic carbocycles. The van der Waals surface area contributed by atoms with Crippen LogP contribution in [0.3, 0.4) is 0 Å². The molecule has 0 bridgehead atoms. The van der Waals surface area contributed by atoms with E-state index in [1.54, 1.807) is 6.07 Å². The van der Waals surface area contributed by atoms with Crippen LogP contribution < -0.4 is 4.90 Å². The average molecular weight is 447 g/mol. The highest BCUT2D eigenvalue weighted by molar-refractivity contribution is 7.91. The van der Waals surface area contributed by atoms with Crippen molar-refractivity contribution in [1.82, 2.24) is 15.0 Å². The van der Waals surface area contributed by atoms with Crippen molar-refractivity contribution in [2.75, 3.05) is 30.4 Å². The number of allylic oxidation sites excluding steroid dienone is 1. The molecule has 2 fully saturated rings. The van der Waals surface area contributed by atoms with E-state index in [-0.39, 0.29) is 11.8 Å². The largest absolute Gasteiger partial charge is 0.377 e. The summed E-state index contributed by atoms with van der Waals surface area (Å²) < 4.78 is 30.9. The van der Waals surface area contributed by atoms with E-state index in [1.807, 2.05) is 18.2 Å². The van der Waals surface area contributed by atoms with Gasteiger partial charge in [-0.2, -0.15) is 0 Å². The lowest BCUT2D eigenvalue weighted by molar-refractivity contribution is 0.0985. The van der Waals surface area contributed by atoms with Crippen molar-refractivity contribution in [1.29, 1.82) is 0 Å². The Morgan fingerprint density at radius 1 is 1.23 bits per heavy atom. The molecular formula is C21H23ClN4O3S. The van der Waals surface area contributed by atoms with E-state index in [0.717, 1.165) is 22.6 Å². The van der Waals surface area contributed by atoms with Gasteiger partial charge in [-0.3, -0.25) is 0 Å². The van der Waals surface area contributed by atoms with Gasteiger partial charge in [0.1, 0.15) is 16.2 Å². The summed E-state index contributed by atoms with van der Waals surface area (Å²) in [5.41, 5.74) is 3.20. The maximum absolute atomic E-state index is 12.7. The number of ether oxygens (including phenoxy) is 1. The lowest BCUT2D eigenvalue weighted by atomic mass is 10.1. The predicted molar refractivity (Wildman–Crippen MR) is 116 cm³/mol. The number of aromatic nitrogens is 3. The molecule has 9 heteroatoms. The molecule has 3 aliphatic rings. The molecule has 2 atom stereocenters. The third kappa shape index (κ3) is 3.50. The summed E-state index contributed by atoms with van der Waals surface area (Å²) in [6.07, 6.45) is 6.01. The number of rotatable bonds is 3. The quantitative estimate of drug-likeness (QED) is 0.669. The Hall–Kier alpha value is -2.03. The summed E-state index contributed by atoms with van der Waals surface area (Å²) in [4.78, 5) is 16.2. The number of sulfone groups is 1. The van der Waals surface area contributed by atoms with Crippen molar-refractivity contribution in [3.8, 4) is 11.4 Å². The van der Waals surface area contributed by atoms with E-state index in [4.69, 9.17) is 26.3 Å². The van der Waals surface area contributed by atoms with Crippen molar-refractivity contribution < 1.29 is 13.2 Å². The molecule has 2 aromatic rings. The van der Waals surface area contributed by atoms with E-state index in [2.05, 4.69) is 16.8 Å². The highest BCUT2D eigenvalue weighted by atomic mass is 35.5. The average Bonchev–Trinajstić information content (AvgIpc) is 3.32. The van der Waals surface area contributed by atoms with E-state index in [0.29, 0.717) is 55.7 Å². The second-order valence-corrected chi connectivity index (χ2v) is 10.7. The molecule has 2 saturated heterocycles. The summed E-state index contributed by atoms with van der Waals surface area (Å²) in [5.74, 6) is 1.44. The fraction of sp³-hybridized carbons (Fsp3) is 0.476. The van der Waals surface area contributed by atoms with Gasteiger partial charge in [-0.15, -0.1) is 0 Å². The predicted octanol–water partition coefficient (Wildman–Crippen LogP) is 3.24. The van der Waals surface area contributed by atoms with Gasteiger partial charge in [-0.05, 0) is 25.8 Å². The normalized spacial score (nSPS) is 24.9. The van der Waals surface area contributed by atoms with Crippen molar-refractivity contribution >= 4 is 33.3 Å². The third-order valence-corrected chi connectivity index (χ3v) is 8.39. The van der Waals surface area contributed by atoms with E-state index < -0.39 is 15.1 Å². The minimum atomic E-state index is -3.21. The number of hydrogen-bond acceptors (Lipinski definition) is 7. The van der Waals surface area contributed by atoms with Crippen LogP contribution in [0.4, 0.5) is 5.82 Å². The van der Waals surface area contributed by atoms with Crippen LogP contribution >= 0.6 is 11.6 Å². The maximum atomic E-state index is 12.7. The Balaban J connectivity index is 1.69. The zero-order valence-corrected chi connectivity index (χ0v) is 18.3. The summed E-state index contributed by atoms with van der Waals surface area (Å²) in [5, 5.41) is -0.202. The van der Waals surface area contributed by atoms with Gasteiger partial charge in [0.15, 0.2) is 15.7 Å². The topological polar surface area (TPSA) is 85.3 Å². The molecule has 0 saturated carbocycles. The SMILES string of the molecule is C[C@@H]1COCCN1c1cc([C@@H]2CCCS2(=O)=O)nc(-c2cc(Cl)nc3c2C=CC3)n1. The van der Waals surface area contributed by atoms with Crippen LogP contribution in [0.25, 0.3) is 17.5 Å². The molecule has 0 N–H and O–H groups in total. The lowest BCUT2D eigenvalue weighted by Gasteiger charge is -2.34. The first-order valence-corrected chi connectivity index (χ1v) is 12.3. The maximum Gasteiger partial charge on any atom is 0.162 e. The molecule has 0 spiro atoms. The smallest absolute Gasteiger partial charge is 0.162 e. The second kappa shape index (κ2) is 7.59. The fourth-order valence-corrected chi connectivity index (χ4v) is 6.54. The van der Waals surface area contributed by atoms with Crippen LogP contribution in [0, 0.1) is 0 Å². The first-order chi connectivity index (χ1) is 14.4. The summed E-state index contributed by atoms with van der Waals surface area (Å²) in [7, 11) is -3.21. The van der Waals surface area contributed by atoms with Gasteiger partial charge >= 0.3 is 0 Å². The molecular weight excluding hydrogens is 424 g/mol. The molecule has 158 valence electrons. The third-order valence-electron chi connectivity index (χ3n) is 6.00. The number of morpholine rings is 1. The monoisotopic (exact) mass is 446 g/mol. The number of nitrogens with zero attached hydrogens (tertiary/aromatic N) is 4. The number of pyridine rings is 1. The number of fused-ring (bicyclic) bond motifs is 1. The van der Waals surface area contributed by atoms with Crippen LogP contribution in [-0.4, -0.2) is 54.9 Å². The second-order valence-electron chi connectivity index (χ2n) is 8.05. The van der Waals surface area contributed by atoms with E-state index in [1.165, 1.54) is 0 Å². The summed E-state index contributed by atoms with van der Waals surface area (Å²) in [6, 6.07) is 3.75. The molecule has 1 aliphatic carbocycles. The Labute approximate surface area is 181 Å². The highest BCUT2D eigenvalue weighted by Crippen LogP contribution is 2.38. The Bertz CT molecular complexity index is 1140. The lowest BCUT2D eigenvalue weighted by Crippen LogP contribution is -2.44. The first-order valence-electron chi connectivity index (χ1n) is 10.2. The zero-order chi connectivity index (χ0) is 20.9. The molecule has 7 nitrogen and oxygen atoms in total. The molecule has 30 heavy (non-hydrogen) atoms. The number of anilines is 1. The molecule has 4 heterocycles. The molecule has 2 aliphatic heterocycles. The van der Waals surface area contributed by atoms with Crippen molar-refractivity contribution in [2.45, 2.75) is 37.5 Å². The first kappa shape index (κ1) is 19.9. The molecule has 0 unspecified atom stereocenters. The van der Waals surface area contributed by atoms with Gasteiger partial charge in [0.05, 0.1) is 36.4 Å². The van der Waals surface area contributed by atoms with Crippen LogP contribution in [0.1, 0.15) is 42.0 Å². The Morgan fingerprint density at radius 3 is 2.87 bits per heavy atom.